The number of hydrogen-bond acceptors (Lipinski definition) is 5. The maximum Gasteiger partial charge on any atom is 0.271 e. The third kappa shape index (κ3) is 3.85. The number of nitrogens with one attached hydrogen (secondary N) is 1. The molecule has 3 rings (SSSR count). The molecule has 1 N–H and O–H groups in total. The largest absolute Gasteiger partial charge is 0.347 e. The molecular weight excluding hydrogens is 379 g/mol. The number of thiazole rings is 1. The van der Waals surface area contributed by atoms with Crippen molar-refractivity contribution in [1.29, 1.82) is 0 Å². The first-order valence-corrected chi connectivity index (χ1v) is 10.2. The van der Waals surface area contributed by atoms with E-state index in [2.05, 4.69) is 10.3 Å². The quantitative estimate of drug-likeness (QED) is 0.873. The first kappa shape index (κ1) is 16.7. The van der Waals surface area contributed by atoms with E-state index < -0.39 is 9.84 Å². The molecule has 1 amide bonds. The van der Waals surface area contributed by atoms with Crippen molar-refractivity contribution >= 4 is 50.3 Å². The molecular formula is C14H12Cl2N2O3S2. The van der Waals surface area contributed by atoms with Gasteiger partial charge in [-0.2, -0.15) is 0 Å². The number of carbonyl (C=O) groups is 1. The van der Waals surface area contributed by atoms with E-state index in [0.29, 0.717) is 21.5 Å². The minimum Gasteiger partial charge on any atom is -0.347 e. The van der Waals surface area contributed by atoms with Crippen LogP contribution in [-0.4, -0.2) is 36.9 Å². The Morgan fingerprint density at radius 3 is 2.74 bits per heavy atom. The fourth-order valence-electron chi connectivity index (χ4n) is 2.31. The minimum atomic E-state index is -3.03. The van der Waals surface area contributed by atoms with Gasteiger partial charge in [0.05, 0.1) is 21.6 Å². The van der Waals surface area contributed by atoms with Crippen molar-refractivity contribution in [2.24, 2.45) is 0 Å². The van der Waals surface area contributed by atoms with Crippen LogP contribution in [-0.2, 0) is 9.84 Å². The molecule has 1 fully saturated rings. The van der Waals surface area contributed by atoms with Crippen LogP contribution in [0.3, 0.4) is 0 Å². The van der Waals surface area contributed by atoms with Gasteiger partial charge in [0.15, 0.2) is 9.84 Å². The van der Waals surface area contributed by atoms with Crippen LogP contribution in [0.25, 0.3) is 10.6 Å². The summed E-state index contributed by atoms with van der Waals surface area (Å²) in [6.07, 6.45) is 0.442. The Kier molecular flexibility index (Phi) is 4.64. The van der Waals surface area contributed by atoms with Crippen LogP contribution in [0.15, 0.2) is 23.6 Å². The fraction of sp³-hybridized carbons (Fsp3) is 0.286. The van der Waals surface area contributed by atoms with Crippen LogP contribution in [0.5, 0.6) is 0 Å². The van der Waals surface area contributed by atoms with Crippen molar-refractivity contribution in [2.45, 2.75) is 12.5 Å². The highest BCUT2D eigenvalue weighted by Gasteiger charge is 2.29. The number of benzene rings is 1. The number of halogens is 2. The summed E-state index contributed by atoms with van der Waals surface area (Å²) in [5.74, 6) is -0.263. The zero-order chi connectivity index (χ0) is 16.6. The molecule has 122 valence electrons. The van der Waals surface area contributed by atoms with Gasteiger partial charge in [-0.15, -0.1) is 11.3 Å². The molecule has 0 radical (unpaired) electrons. The van der Waals surface area contributed by atoms with E-state index in [1.54, 1.807) is 23.6 Å². The molecule has 5 nitrogen and oxygen atoms in total. The number of rotatable bonds is 3. The number of carbonyl (C=O) groups excluding carboxylic acids is 1. The highest BCUT2D eigenvalue weighted by molar-refractivity contribution is 7.91. The van der Waals surface area contributed by atoms with Gasteiger partial charge in [-0.05, 0) is 18.6 Å². The molecule has 1 aliphatic rings. The van der Waals surface area contributed by atoms with E-state index in [9.17, 15) is 13.2 Å². The molecule has 0 saturated carbocycles. The summed E-state index contributed by atoms with van der Waals surface area (Å²) >= 11 is 13.2. The molecule has 2 heterocycles. The molecule has 1 aromatic carbocycles. The van der Waals surface area contributed by atoms with Crippen LogP contribution in [0.1, 0.15) is 16.9 Å². The fourth-order valence-corrected chi connectivity index (χ4v) is 5.08. The summed E-state index contributed by atoms with van der Waals surface area (Å²) < 4.78 is 22.8. The van der Waals surface area contributed by atoms with Gasteiger partial charge in [-0.3, -0.25) is 4.79 Å². The van der Waals surface area contributed by atoms with Gasteiger partial charge < -0.3 is 5.32 Å². The molecule has 9 heteroatoms. The Hall–Kier alpha value is -1.15. The van der Waals surface area contributed by atoms with Crippen LogP contribution < -0.4 is 5.32 Å². The summed E-state index contributed by atoms with van der Waals surface area (Å²) in [7, 11) is -3.03. The second-order valence-corrected chi connectivity index (χ2v) is 9.14. The maximum absolute atomic E-state index is 12.2. The molecule has 1 saturated heterocycles. The van der Waals surface area contributed by atoms with E-state index >= 15 is 0 Å². The monoisotopic (exact) mass is 390 g/mol. The predicted octanol–water partition coefficient (Wildman–Crippen LogP) is 3.03. The predicted molar refractivity (Wildman–Crippen MR) is 92.1 cm³/mol. The topological polar surface area (TPSA) is 76.1 Å². The highest BCUT2D eigenvalue weighted by Crippen LogP contribution is 2.30. The van der Waals surface area contributed by atoms with Crippen molar-refractivity contribution in [3.05, 3.63) is 39.3 Å². The number of amides is 1. The third-order valence-corrected chi connectivity index (χ3v) is 6.87. The lowest BCUT2D eigenvalue weighted by atomic mass is 10.2. The van der Waals surface area contributed by atoms with Gasteiger partial charge in [0.25, 0.3) is 5.91 Å². The van der Waals surface area contributed by atoms with E-state index in [-0.39, 0.29) is 29.1 Å². The minimum absolute atomic E-state index is 0.0114. The van der Waals surface area contributed by atoms with Crippen LogP contribution in [0.4, 0.5) is 0 Å². The second kappa shape index (κ2) is 6.39. The molecule has 1 atom stereocenters. The molecule has 1 aromatic heterocycles. The summed E-state index contributed by atoms with van der Waals surface area (Å²) in [4.78, 5) is 16.5. The zero-order valence-electron chi connectivity index (χ0n) is 11.8. The molecule has 0 bridgehead atoms. The molecule has 23 heavy (non-hydrogen) atoms. The second-order valence-electron chi connectivity index (χ2n) is 5.24. The van der Waals surface area contributed by atoms with Gasteiger partial charge in [-0.1, -0.05) is 29.3 Å². The number of sulfone groups is 1. The molecule has 0 aliphatic carbocycles. The van der Waals surface area contributed by atoms with Crippen LogP contribution in [0.2, 0.25) is 10.0 Å². The average Bonchev–Trinajstić information content (AvgIpc) is 3.09. The Bertz CT molecular complexity index is 865. The zero-order valence-corrected chi connectivity index (χ0v) is 14.9. The molecule has 1 unspecified atom stereocenters. The van der Waals surface area contributed by atoms with E-state index in [0.717, 1.165) is 5.56 Å². The lowest BCUT2D eigenvalue weighted by molar-refractivity contribution is 0.0937. The van der Waals surface area contributed by atoms with Gasteiger partial charge in [0.1, 0.15) is 10.7 Å². The highest BCUT2D eigenvalue weighted by atomic mass is 35.5. The number of aromatic nitrogens is 1. The van der Waals surface area contributed by atoms with Gasteiger partial charge >= 0.3 is 0 Å². The molecule has 0 spiro atoms. The lowest BCUT2D eigenvalue weighted by Gasteiger charge is -2.08. The third-order valence-electron chi connectivity index (χ3n) is 3.47. The van der Waals surface area contributed by atoms with E-state index in [1.165, 1.54) is 11.3 Å². The van der Waals surface area contributed by atoms with Crippen LogP contribution >= 0.6 is 34.5 Å². The first-order valence-electron chi connectivity index (χ1n) is 6.76. The van der Waals surface area contributed by atoms with Crippen molar-refractivity contribution in [2.75, 3.05) is 11.5 Å². The maximum atomic E-state index is 12.2. The van der Waals surface area contributed by atoms with Gasteiger partial charge in [0.2, 0.25) is 0 Å². The summed E-state index contributed by atoms with van der Waals surface area (Å²) in [5, 5.41) is 5.87. The van der Waals surface area contributed by atoms with Crippen LogP contribution in [0, 0.1) is 0 Å². The Morgan fingerprint density at radius 1 is 1.30 bits per heavy atom. The number of hydrogen-bond donors (Lipinski definition) is 1. The lowest BCUT2D eigenvalue weighted by Crippen LogP contribution is -2.35. The smallest absolute Gasteiger partial charge is 0.271 e. The van der Waals surface area contributed by atoms with Crippen molar-refractivity contribution in [1.82, 2.24) is 10.3 Å². The Balaban J connectivity index is 1.73. The van der Waals surface area contributed by atoms with Gasteiger partial charge in [0, 0.05) is 17.0 Å². The molecule has 2 aromatic rings. The van der Waals surface area contributed by atoms with Crippen molar-refractivity contribution in [3.63, 3.8) is 0 Å². The van der Waals surface area contributed by atoms with E-state index in [4.69, 9.17) is 23.2 Å². The summed E-state index contributed by atoms with van der Waals surface area (Å²) in [6, 6.07) is 4.79. The van der Waals surface area contributed by atoms with Gasteiger partial charge in [-0.25, -0.2) is 13.4 Å². The SMILES string of the molecule is O=C(NC1CCS(=O)(=O)C1)c1csc(-c2ccc(Cl)c(Cl)c2)n1. The summed E-state index contributed by atoms with van der Waals surface area (Å²) in [5.41, 5.74) is 1.03. The Labute approximate surface area is 147 Å². The molecule has 1 aliphatic heterocycles. The normalized spacial score (nSPS) is 19.7. The van der Waals surface area contributed by atoms with E-state index in [1.807, 2.05) is 0 Å². The first-order chi connectivity index (χ1) is 10.8. The standard InChI is InChI=1S/C14H12Cl2N2O3S2/c15-10-2-1-8(5-11(10)16)14-18-12(6-22-14)13(19)17-9-3-4-23(20,21)7-9/h1-2,5-6,9H,3-4,7H2,(H,17,19). The van der Waals surface area contributed by atoms with Crippen molar-refractivity contribution < 1.29 is 13.2 Å². The average molecular weight is 391 g/mol. The Morgan fingerprint density at radius 2 is 2.09 bits per heavy atom. The van der Waals surface area contributed by atoms with Crippen molar-refractivity contribution in [3.8, 4) is 10.6 Å². The summed E-state index contributed by atoms with van der Waals surface area (Å²) in [6.45, 7) is 0. The number of nitrogens with zero attached hydrogens (tertiary/aromatic N) is 1.